The van der Waals surface area contributed by atoms with E-state index >= 15 is 0 Å². The first-order chi connectivity index (χ1) is 8.77. The van der Waals surface area contributed by atoms with Gasteiger partial charge < -0.3 is 14.6 Å². The number of nitrogens with one attached hydrogen (secondary N) is 1. The predicted octanol–water partition coefficient (Wildman–Crippen LogP) is 1.41. The molecule has 1 saturated heterocycles. The first-order valence-electron chi connectivity index (χ1n) is 6.72. The molecule has 2 heterocycles. The van der Waals surface area contributed by atoms with E-state index < -0.39 is 0 Å². The highest BCUT2D eigenvalue weighted by Gasteiger charge is 2.52. The molecule has 0 radical (unpaired) electrons. The minimum atomic E-state index is -0.381. The fourth-order valence-electron chi connectivity index (χ4n) is 2.15. The smallest absolute Gasteiger partial charge is 0.398 e. The highest BCUT2D eigenvalue weighted by Crippen LogP contribution is 2.36. The quantitative estimate of drug-likeness (QED) is 0.836. The van der Waals surface area contributed by atoms with Gasteiger partial charge in [0, 0.05) is 12.7 Å². The van der Waals surface area contributed by atoms with Crippen LogP contribution in [0.1, 0.15) is 38.8 Å². The summed E-state index contributed by atoms with van der Waals surface area (Å²) in [4.78, 5) is 4.52. The van der Waals surface area contributed by atoms with E-state index in [4.69, 9.17) is 9.31 Å². The van der Waals surface area contributed by atoms with Crippen LogP contribution < -0.4 is 10.9 Å². The average Bonchev–Trinajstić information content (AvgIpc) is 2.48. The zero-order valence-electron chi connectivity index (χ0n) is 12.7. The van der Waals surface area contributed by atoms with Gasteiger partial charge in [0.25, 0.3) is 0 Å². The van der Waals surface area contributed by atoms with Gasteiger partial charge in [0.1, 0.15) is 0 Å². The van der Waals surface area contributed by atoms with Gasteiger partial charge >= 0.3 is 7.12 Å². The standard InChI is InChI=1S/C14H23BN2O2/c1-10-7-11(8-16-6)9-17-12(10)15-18-13(2,3)14(4,5)19-15/h7,9,16H,8H2,1-6H3. The average molecular weight is 262 g/mol. The molecule has 1 aliphatic rings. The van der Waals surface area contributed by atoms with Crippen molar-refractivity contribution >= 4 is 12.7 Å². The molecule has 0 saturated carbocycles. The van der Waals surface area contributed by atoms with E-state index in [9.17, 15) is 0 Å². The second kappa shape index (κ2) is 4.89. The second-order valence-electron chi connectivity index (χ2n) is 6.16. The van der Waals surface area contributed by atoms with Crippen molar-refractivity contribution in [2.75, 3.05) is 7.05 Å². The lowest BCUT2D eigenvalue weighted by atomic mass is 9.81. The molecular weight excluding hydrogens is 239 g/mol. The molecule has 0 spiro atoms. The van der Waals surface area contributed by atoms with Crippen LogP contribution in [-0.2, 0) is 15.9 Å². The van der Waals surface area contributed by atoms with E-state index in [0.717, 1.165) is 17.7 Å². The second-order valence-corrected chi connectivity index (χ2v) is 6.16. The molecule has 0 aromatic carbocycles. The number of pyridine rings is 1. The van der Waals surface area contributed by atoms with Crippen molar-refractivity contribution in [2.24, 2.45) is 0 Å². The van der Waals surface area contributed by atoms with Gasteiger partial charge in [0.15, 0.2) is 0 Å². The van der Waals surface area contributed by atoms with Gasteiger partial charge in [0.2, 0.25) is 0 Å². The topological polar surface area (TPSA) is 43.4 Å². The number of aryl methyl sites for hydroxylation is 1. The SMILES string of the molecule is CNCc1cnc(B2OC(C)(C)C(C)(C)O2)c(C)c1. The number of nitrogens with zero attached hydrogens (tertiary/aromatic N) is 1. The molecule has 0 unspecified atom stereocenters. The fraction of sp³-hybridized carbons (Fsp3) is 0.643. The summed E-state index contributed by atoms with van der Waals surface area (Å²) in [6, 6.07) is 2.13. The lowest BCUT2D eigenvalue weighted by Crippen LogP contribution is -2.41. The van der Waals surface area contributed by atoms with Crippen molar-refractivity contribution in [2.45, 2.75) is 52.4 Å². The molecule has 0 bridgehead atoms. The summed E-state index contributed by atoms with van der Waals surface area (Å²) >= 11 is 0. The first-order valence-corrected chi connectivity index (χ1v) is 6.72. The monoisotopic (exact) mass is 262 g/mol. The maximum Gasteiger partial charge on any atom is 0.514 e. The summed E-state index contributed by atoms with van der Waals surface area (Å²) < 4.78 is 12.1. The van der Waals surface area contributed by atoms with E-state index in [2.05, 4.69) is 44.1 Å². The third-order valence-corrected chi connectivity index (χ3v) is 4.03. The van der Waals surface area contributed by atoms with E-state index in [0.29, 0.717) is 0 Å². The summed E-state index contributed by atoms with van der Waals surface area (Å²) in [5, 5.41) is 3.12. The maximum atomic E-state index is 6.03. The summed E-state index contributed by atoms with van der Waals surface area (Å²) in [6.07, 6.45) is 1.88. The summed E-state index contributed by atoms with van der Waals surface area (Å²) in [7, 11) is 1.55. The van der Waals surface area contributed by atoms with E-state index in [-0.39, 0.29) is 18.3 Å². The minimum absolute atomic E-state index is 0.324. The fourth-order valence-corrected chi connectivity index (χ4v) is 2.15. The van der Waals surface area contributed by atoms with Crippen LogP contribution in [0, 0.1) is 6.92 Å². The zero-order chi connectivity index (χ0) is 14.3. The van der Waals surface area contributed by atoms with Crippen molar-refractivity contribution in [1.29, 1.82) is 0 Å². The molecule has 4 nitrogen and oxygen atoms in total. The molecule has 5 heteroatoms. The molecule has 0 atom stereocenters. The van der Waals surface area contributed by atoms with Crippen molar-refractivity contribution in [3.63, 3.8) is 0 Å². The molecule has 1 aromatic heterocycles. The Balaban J connectivity index is 2.25. The Morgan fingerprint density at radius 3 is 2.26 bits per heavy atom. The van der Waals surface area contributed by atoms with E-state index in [1.54, 1.807) is 0 Å². The first kappa shape index (κ1) is 14.5. The lowest BCUT2D eigenvalue weighted by molar-refractivity contribution is 0.00578. The maximum absolute atomic E-state index is 6.03. The van der Waals surface area contributed by atoms with Gasteiger partial charge in [-0.1, -0.05) is 6.07 Å². The lowest BCUT2D eigenvalue weighted by Gasteiger charge is -2.32. The molecular formula is C14H23BN2O2. The van der Waals surface area contributed by atoms with Gasteiger partial charge in [-0.3, -0.25) is 4.98 Å². The molecule has 1 aliphatic heterocycles. The third-order valence-electron chi connectivity index (χ3n) is 4.03. The van der Waals surface area contributed by atoms with Crippen LogP contribution in [0.15, 0.2) is 12.3 Å². The van der Waals surface area contributed by atoms with Crippen LogP contribution in [0.25, 0.3) is 0 Å². The summed E-state index contributed by atoms with van der Waals surface area (Å²) in [5.74, 6) is 0. The van der Waals surface area contributed by atoms with Crippen LogP contribution in [0.3, 0.4) is 0 Å². The number of hydrogen-bond acceptors (Lipinski definition) is 4. The van der Waals surface area contributed by atoms with E-state index in [1.165, 1.54) is 5.56 Å². The molecule has 1 fully saturated rings. The van der Waals surface area contributed by atoms with Gasteiger partial charge in [-0.2, -0.15) is 0 Å². The molecule has 1 N–H and O–H groups in total. The van der Waals surface area contributed by atoms with Crippen molar-refractivity contribution in [3.05, 3.63) is 23.4 Å². The van der Waals surface area contributed by atoms with Crippen LogP contribution in [0.4, 0.5) is 0 Å². The minimum Gasteiger partial charge on any atom is -0.398 e. The van der Waals surface area contributed by atoms with Gasteiger partial charge in [-0.15, -0.1) is 0 Å². The van der Waals surface area contributed by atoms with Gasteiger partial charge in [-0.25, -0.2) is 0 Å². The summed E-state index contributed by atoms with van der Waals surface area (Å²) in [6.45, 7) is 11.1. The normalized spacial score (nSPS) is 20.8. The van der Waals surface area contributed by atoms with E-state index in [1.807, 2.05) is 20.2 Å². The van der Waals surface area contributed by atoms with Crippen molar-refractivity contribution in [1.82, 2.24) is 10.3 Å². The molecule has 19 heavy (non-hydrogen) atoms. The Hall–Kier alpha value is -0.905. The largest absolute Gasteiger partial charge is 0.514 e. The molecule has 0 amide bonds. The number of aromatic nitrogens is 1. The molecule has 2 rings (SSSR count). The third kappa shape index (κ3) is 2.68. The zero-order valence-corrected chi connectivity index (χ0v) is 12.7. The van der Waals surface area contributed by atoms with Crippen LogP contribution in [-0.4, -0.2) is 30.4 Å². The summed E-state index contributed by atoms with van der Waals surface area (Å²) in [5.41, 5.74) is 2.50. The molecule has 0 aliphatic carbocycles. The number of rotatable bonds is 3. The van der Waals surface area contributed by atoms with Crippen LogP contribution in [0.2, 0.25) is 0 Å². The number of hydrogen-bond donors (Lipinski definition) is 1. The Kier molecular flexibility index (Phi) is 3.73. The molecule has 1 aromatic rings. The Bertz CT molecular complexity index is 459. The van der Waals surface area contributed by atoms with Crippen LogP contribution in [0.5, 0.6) is 0 Å². The predicted molar refractivity (Wildman–Crippen MR) is 77.5 cm³/mol. The Morgan fingerprint density at radius 1 is 1.21 bits per heavy atom. The van der Waals surface area contributed by atoms with Crippen LogP contribution >= 0.6 is 0 Å². The van der Waals surface area contributed by atoms with Gasteiger partial charge in [-0.05, 0) is 52.8 Å². The Labute approximate surface area is 116 Å². The van der Waals surface area contributed by atoms with Crippen molar-refractivity contribution < 1.29 is 9.31 Å². The van der Waals surface area contributed by atoms with Crippen molar-refractivity contribution in [3.8, 4) is 0 Å². The Morgan fingerprint density at radius 2 is 1.79 bits per heavy atom. The molecule has 104 valence electrons. The highest BCUT2D eigenvalue weighted by molar-refractivity contribution is 6.61. The highest BCUT2D eigenvalue weighted by atomic mass is 16.7. The van der Waals surface area contributed by atoms with Gasteiger partial charge in [0.05, 0.1) is 16.8 Å².